The first kappa shape index (κ1) is 20.2. The van der Waals surface area contributed by atoms with E-state index in [1.165, 1.54) is 0 Å². The minimum absolute atomic E-state index is 0.0192. The Morgan fingerprint density at radius 3 is 2.46 bits per heavy atom. The molecule has 0 spiro atoms. The van der Waals surface area contributed by atoms with E-state index < -0.39 is 9.84 Å². The molecule has 1 heterocycles. The highest BCUT2D eigenvalue weighted by molar-refractivity contribution is 7.91. The Morgan fingerprint density at radius 1 is 1.11 bits per heavy atom. The Bertz CT molecular complexity index is 927. The summed E-state index contributed by atoms with van der Waals surface area (Å²) in [6, 6.07) is 14.7. The summed E-state index contributed by atoms with van der Waals surface area (Å²) < 4.78 is 34.6. The molecule has 2 aromatic carbocycles. The Morgan fingerprint density at radius 2 is 1.86 bits per heavy atom. The molecule has 1 amide bonds. The molecule has 0 aromatic heterocycles. The van der Waals surface area contributed by atoms with Crippen molar-refractivity contribution in [2.45, 2.75) is 25.4 Å². The highest BCUT2D eigenvalue weighted by Gasteiger charge is 2.34. The number of carbonyl (C=O) groups excluding carboxylic acids is 1. The number of nitrogens with zero attached hydrogens (tertiary/aromatic N) is 1. The third kappa shape index (κ3) is 4.84. The number of hydrogen-bond donors (Lipinski definition) is 0. The van der Waals surface area contributed by atoms with Crippen LogP contribution in [0.1, 0.15) is 17.5 Å². The number of amides is 1. The lowest BCUT2D eigenvalue weighted by Gasteiger charge is -2.29. The fourth-order valence-corrected chi connectivity index (χ4v) is 5.22. The van der Waals surface area contributed by atoms with Crippen LogP contribution in [0.5, 0.6) is 11.5 Å². The molecule has 2 aromatic rings. The predicted octanol–water partition coefficient (Wildman–Crippen LogP) is 2.46. The quantitative estimate of drug-likeness (QED) is 0.710. The zero-order valence-corrected chi connectivity index (χ0v) is 16.9. The molecular weight excluding hydrogens is 378 g/mol. The van der Waals surface area contributed by atoms with Gasteiger partial charge in [0, 0.05) is 24.2 Å². The second-order valence-electron chi connectivity index (χ2n) is 6.92. The number of carbonyl (C=O) groups is 1. The highest BCUT2D eigenvalue weighted by Crippen LogP contribution is 2.27. The molecule has 1 saturated heterocycles. The summed E-state index contributed by atoms with van der Waals surface area (Å²) in [5.41, 5.74) is 1.72. The maximum Gasteiger partial charge on any atom is 0.227 e. The molecule has 0 bridgehead atoms. The molecule has 1 atom stereocenters. The van der Waals surface area contributed by atoms with Gasteiger partial charge in [-0.05, 0) is 18.1 Å². The number of methoxy groups -OCH3 is 2. The van der Waals surface area contributed by atoms with E-state index in [0.717, 1.165) is 11.1 Å². The zero-order valence-electron chi connectivity index (χ0n) is 16.1. The number of hydrogen-bond acceptors (Lipinski definition) is 5. The van der Waals surface area contributed by atoms with Crippen molar-refractivity contribution in [3.8, 4) is 11.5 Å². The van der Waals surface area contributed by atoms with Crippen LogP contribution >= 0.6 is 0 Å². The van der Waals surface area contributed by atoms with Crippen LogP contribution in [-0.2, 0) is 27.6 Å². The second kappa shape index (κ2) is 8.65. The lowest BCUT2D eigenvalue weighted by Crippen LogP contribution is -2.41. The van der Waals surface area contributed by atoms with Crippen molar-refractivity contribution in [2.75, 3.05) is 25.7 Å². The van der Waals surface area contributed by atoms with E-state index in [-0.39, 0.29) is 29.9 Å². The molecule has 1 aliphatic heterocycles. The molecule has 6 nitrogen and oxygen atoms in total. The van der Waals surface area contributed by atoms with E-state index in [0.29, 0.717) is 24.5 Å². The normalized spacial score (nSPS) is 17.9. The number of ether oxygens (including phenoxy) is 2. The summed E-state index contributed by atoms with van der Waals surface area (Å²) in [6.45, 7) is 0.387. The minimum atomic E-state index is -3.10. The molecule has 1 fully saturated rings. The van der Waals surface area contributed by atoms with Crippen LogP contribution in [0.3, 0.4) is 0 Å². The van der Waals surface area contributed by atoms with Crippen LogP contribution in [0.15, 0.2) is 48.5 Å². The highest BCUT2D eigenvalue weighted by atomic mass is 32.2. The molecule has 7 heteroatoms. The molecule has 3 rings (SSSR count). The molecular formula is C21H25NO5S. The van der Waals surface area contributed by atoms with Crippen LogP contribution in [0, 0.1) is 0 Å². The van der Waals surface area contributed by atoms with Gasteiger partial charge >= 0.3 is 0 Å². The Hall–Kier alpha value is -2.54. The first-order valence-corrected chi connectivity index (χ1v) is 11.0. The van der Waals surface area contributed by atoms with E-state index in [4.69, 9.17) is 9.47 Å². The van der Waals surface area contributed by atoms with Gasteiger partial charge in [0.05, 0.1) is 32.1 Å². The van der Waals surface area contributed by atoms with Crippen LogP contribution in [-0.4, -0.2) is 51.0 Å². The molecule has 0 N–H and O–H groups in total. The van der Waals surface area contributed by atoms with Crippen LogP contribution in [0.2, 0.25) is 0 Å². The maximum absolute atomic E-state index is 13.2. The van der Waals surface area contributed by atoms with Gasteiger partial charge in [-0.25, -0.2) is 8.42 Å². The smallest absolute Gasteiger partial charge is 0.227 e. The van der Waals surface area contributed by atoms with Gasteiger partial charge in [-0.2, -0.15) is 0 Å². The topological polar surface area (TPSA) is 72.9 Å². The van der Waals surface area contributed by atoms with Crippen LogP contribution < -0.4 is 9.47 Å². The lowest BCUT2D eigenvalue weighted by atomic mass is 10.1. The van der Waals surface area contributed by atoms with Crippen LogP contribution in [0.4, 0.5) is 0 Å². The van der Waals surface area contributed by atoms with Crippen LogP contribution in [0.25, 0.3) is 0 Å². The summed E-state index contributed by atoms with van der Waals surface area (Å²) >= 11 is 0. The lowest BCUT2D eigenvalue weighted by molar-refractivity contribution is -0.133. The summed E-state index contributed by atoms with van der Waals surface area (Å²) in [7, 11) is 0.0247. The van der Waals surface area contributed by atoms with Crippen molar-refractivity contribution in [3.63, 3.8) is 0 Å². The summed E-state index contributed by atoms with van der Waals surface area (Å²) in [5, 5.41) is 0. The summed E-state index contributed by atoms with van der Waals surface area (Å²) in [4.78, 5) is 14.9. The van der Waals surface area contributed by atoms with E-state index >= 15 is 0 Å². The Labute approximate surface area is 166 Å². The maximum atomic E-state index is 13.2. The average Bonchev–Trinajstić information content (AvgIpc) is 3.06. The SMILES string of the molecule is COc1ccc(CC(=O)N(Cc2ccccc2)[C@H]2CCS(=O)(=O)C2)c(OC)c1. The van der Waals surface area contributed by atoms with Gasteiger partial charge in [0.1, 0.15) is 11.5 Å². The third-order valence-electron chi connectivity index (χ3n) is 5.00. The first-order chi connectivity index (χ1) is 13.4. The van der Waals surface area contributed by atoms with Crippen molar-refractivity contribution < 1.29 is 22.7 Å². The average molecular weight is 404 g/mol. The van der Waals surface area contributed by atoms with Crippen molar-refractivity contribution in [2.24, 2.45) is 0 Å². The predicted molar refractivity (Wildman–Crippen MR) is 107 cm³/mol. The van der Waals surface area contributed by atoms with Gasteiger partial charge in [-0.3, -0.25) is 4.79 Å². The van der Waals surface area contributed by atoms with E-state index in [2.05, 4.69) is 0 Å². The summed E-state index contributed by atoms with van der Waals surface area (Å²) in [5.74, 6) is 1.25. The van der Waals surface area contributed by atoms with Crippen molar-refractivity contribution >= 4 is 15.7 Å². The van der Waals surface area contributed by atoms with Gasteiger partial charge in [0.25, 0.3) is 0 Å². The molecule has 28 heavy (non-hydrogen) atoms. The molecule has 0 radical (unpaired) electrons. The second-order valence-corrected chi connectivity index (χ2v) is 9.15. The van der Waals surface area contributed by atoms with E-state index in [1.807, 2.05) is 36.4 Å². The van der Waals surface area contributed by atoms with Crippen molar-refractivity contribution in [3.05, 3.63) is 59.7 Å². The van der Waals surface area contributed by atoms with E-state index in [9.17, 15) is 13.2 Å². The van der Waals surface area contributed by atoms with Gasteiger partial charge in [-0.15, -0.1) is 0 Å². The number of benzene rings is 2. The Kier molecular flexibility index (Phi) is 6.24. The van der Waals surface area contributed by atoms with Crippen molar-refractivity contribution in [1.29, 1.82) is 0 Å². The number of sulfone groups is 1. The summed E-state index contributed by atoms with van der Waals surface area (Å²) in [6.07, 6.45) is 0.608. The van der Waals surface area contributed by atoms with Gasteiger partial charge < -0.3 is 14.4 Å². The minimum Gasteiger partial charge on any atom is -0.497 e. The van der Waals surface area contributed by atoms with Gasteiger partial charge in [-0.1, -0.05) is 36.4 Å². The van der Waals surface area contributed by atoms with Crippen molar-refractivity contribution in [1.82, 2.24) is 4.90 Å². The third-order valence-corrected chi connectivity index (χ3v) is 6.75. The molecule has 0 unspecified atom stereocenters. The molecule has 150 valence electrons. The van der Waals surface area contributed by atoms with E-state index in [1.54, 1.807) is 31.3 Å². The van der Waals surface area contributed by atoms with Gasteiger partial charge in [0.15, 0.2) is 9.84 Å². The monoisotopic (exact) mass is 403 g/mol. The molecule has 1 aliphatic rings. The molecule has 0 saturated carbocycles. The largest absolute Gasteiger partial charge is 0.497 e. The first-order valence-electron chi connectivity index (χ1n) is 9.16. The Balaban J connectivity index is 1.84. The fraction of sp³-hybridized carbons (Fsp3) is 0.381. The number of rotatable bonds is 7. The molecule has 0 aliphatic carbocycles. The van der Waals surface area contributed by atoms with Gasteiger partial charge in [0.2, 0.25) is 5.91 Å². The standard InChI is InChI=1S/C21H25NO5S/c1-26-19-9-8-17(20(13-19)27-2)12-21(23)22(14-16-6-4-3-5-7-16)18-10-11-28(24,25)15-18/h3-9,13,18H,10-12,14-15H2,1-2H3/t18-/m0/s1. The fourth-order valence-electron chi connectivity index (χ4n) is 3.48. The zero-order chi connectivity index (χ0) is 20.1.